The normalized spacial score (nSPS) is 13.1. The summed E-state index contributed by atoms with van der Waals surface area (Å²) in [5.41, 5.74) is 0. The topological polar surface area (TPSA) is 78.9 Å². The van der Waals surface area contributed by atoms with Gasteiger partial charge in [-0.3, -0.25) is 14.4 Å². The first-order valence-electron chi connectivity index (χ1n) is 21.4. The second-order valence-corrected chi connectivity index (χ2v) is 13.5. The van der Waals surface area contributed by atoms with Crippen LogP contribution in [0.3, 0.4) is 0 Å². The van der Waals surface area contributed by atoms with E-state index in [9.17, 15) is 14.4 Å². The summed E-state index contributed by atoms with van der Waals surface area (Å²) in [6.45, 7) is 6.18. The van der Waals surface area contributed by atoms with Gasteiger partial charge in [-0.25, -0.2) is 0 Å². The third-order valence-electron chi connectivity index (χ3n) is 8.29. The number of ether oxygens (including phenoxy) is 3. The molecule has 0 bridgehead atoms. The van der Waals surface area contributed by atoms with Gasteiger partial charge in [0, 0.05) is 19.3 Å². The molecule has 0 heterocycles. The summed E-state index contributed by atoms with van der Waals surface area (Å²) in [6.07, 6.45) is 56.9. The third kappa shape index (κ3) is 41.1. The van der Waals surface area contributed by atoms with E-state index in [4.69, 9.17) is 14.2 Å². The van der Waals surface area contributed by atoms with Gasteiger partial charge in [-0.1, -0.05) is 162 Å². The molecule has 0 spiro atoms. The lowest BCUT2D eigenvalue weighted by Gasteiger charge is -2.18. The van der Waals surface area contributed by atoms with Crippen LogP contribution in [0.4, 0.5) is 0 Å². The molecule has 308 valence electrons. The van der Waals surface area contributed by atoms with Crippen LogP contribution < -0.4 is 0 Å². The van der Waals surface area contributed by atoms with Crippen molar-refractivity contribution in [1.29, 1.82) is 0 Å². The molecule has 0 aliphatic rings. The maximum absolute atomic E-state index is 12.6. The molecular weight excluding hydrogens is 685 g/mol. The molecule has 0 saturated heterocycles. The summed E-state index contributed by atoms with van der Waals surface area (Å²) in [6, 6.07) is 0. The van der Waals surface area contributed by atoms with Crippen molar-refractivity contribution in [2.24, 2.45) is 0 Å². The van der Waals surface area contributed by atoms with Crippen LogP contribution in [0, 0.1) is 0 Å². The van der Waals surface area contributed by atoms with Gasteiger partial charge in [-0.15, -0.1) is 0 Å². The van der Waals surface area contributed by atoms with Gasteiger partial charge in [0.1, 0.15) is 13.2 Å². The lowest BCUT2D eigenvalue weighted by molar-refractivity contribution is -0.166. The van der Waals surface area contributed by atoms with Gasteiger partial charge in [0.05, 0.1) is 0 Å². The lowest BCUT2D eigenvalue weighted by atomic mass is 10.1. The molecule has 1 atom stereocenters. The molecule has 0 aliphatic carbocycles. The fraction of sp³-hybridized carbons (Fsp3) is 0.571. The van der Waals surface area contributed by atoms with Crippen LogP contribution in [-0.4, -0.2) is 37.2 Å². The van der Waals surface area contributed by atoms with E-state index in [1.165, 1.54) is 0 Å². The van der Waals surface area contributed by atoms with Gasteiger partial charge < -0.3 is 14.2 Å². The van der Waals surface area contributed by atoms with E-state index in [2.05, 4.69) is 118 Å². The Morgan fingerprint density at radius 1 is 0.382 bits per heavy atom. The van der Waals surface area contributed by atoms with Gasteiger partial charge in [0.25, 0.3) is 0 Å². The van der Waals surface area contributed by atoms with Crippen LogP contribution in [0.15, 0.2) is 109 Å². The van der Waals surface area contributed by atoms with Crippen molar-refractivity contribution in [2.45, 2.75) is 168 Å². The Morgan fingerprint density at radius 2 is 0.745 bits per heavy atom. The van der Waals surface area contributed by atoms with E-state index < -0.39 is 12.1 Å². The molecule has 0 aromatic heterocycles. The molecule has 1 unspecified atom stereocenters. The number of hydrogen-bond acceptors (Lipinski definition) is 6. The fourth-order valence-electron chi connectivity index (χ4n) is 5.13. The van der Waals surface area contributed by atoms with Gasteiger partial charge in [0.2, 0.25) is 0 Å². The molecule has 0 saturated carbocycles. The second kappa shape index (κ2) is 42.8. The van der Waals surface area contributed by atoms with Crippen molar-refractivity contribution in [2.75, 3.05) is 13.2 Å². The molecule has 0 amide bonds. The maximum atomic E-state index is 12.6. The molecule has 55 heavy (non-hydrogen) atoms. The van der Waals surface area contributed by atoms with Crippen molar-refractivity contribution in [1.82, 2.24) is 0 Å². The number of esters is 3. The highest BCUT2D eigenvalue weighted by atomic mass is 16.6. The number of allylic oxidation sites excluding steroid dienone is 18. The molecule has 0 aromatic rings. The van der Waals surface area contributed by atoms with E-state index in [0.29, 0.717) is 19.3 Å². The monoisotopic (exact) mass is 761 g/mol. The smallest absolute Gasteiger partial charge is 0.306 e. The zero-order valence-corrected chi connectivity index (χ0v) is 34.9. The molecule has 0 rings (SSSR count). The molecule has 0 aromatic carbocycles. The molecule has 6 nitrogen and oxygen atoms in total. The van der Waals surface area contributed by atoms with Gasteiger partial charge in [-0.2, -0.15) is 0 Å². The Bertz CT molecular complexity index is 1200. The fourth-order valence-corrected chi connectivity index (χ4v) is 5.13. The predicted octanol–water partition coefficient (Wildman–Crippen LogP) is 13.6. The summed E-state index contributed by atoms with van der Waals surface area (Å²) in [7, 11) is 0. The van der Waals surface area contributed by atoms with Gasteiger partial charge in [-0.05, 0) is 89.9 Å². The SMILES string of the molecule is CC/C=C\C/C=C\C/C=C\C/C=C\C/C=C\CCCCCC(=O)OCC(COC(=O)CCCCCCC)OC(=O)CC/C=C\C/C=C\C/C=C\C/C=C\CC. The highest BCUT2D eigenvalue weighted by molar-refractivity contribution is 5.71. The maximum Gasteiger partial charge on any atom is 0.306 e. The van der Waals surface area contributed by atoms with Crippen molar-refractivity contribution in [3.8, 4) is 0 Å². The minimum absolute atomic E-state index is 0.121. The first kappa shape index (κ1) is 51.1. The zero-order chi connectivity index (χ0) is 40.1. The van der Waals surface area contributed by atoms with Crippen LogP contribution in [0.1, 0.15) is 162 Å². The highest BCUT2D eigenvalue weighted by Gasteiger charge is 2.19. The van der Waals surface area contributed by atoms with E-state index in [1.807, 2.05) is 12.2 Å². The average molecular weight is 761 g/mol. The van der Waals surface area contributed by atoms with Crippen LogP contribution >= 0.6 is 0 Å². The van der Waals surface area contributed by atoms with Gasteiger partial charge in [0.15, 0.2) is 6.10 Å². The summed E-state index contributed by atoms with van der Waals surface area (Å²) in [5, 5.41) is 0. The summed E-state index contributed by atoms with van der Waals surface area (Å²) in [4.78, 5) is 37.4. The zero-order valence-electron chi connectivity index (χ0n) is 34.9. The van der Waals surface area contributed by atoms with Crippen LogP contribution in [0.5, 0.6) is 0 Å². The third-order valence-corrected chi connectivity index (χ3v) is 8.29. The van der Waals surface area contributed by atoms with Crippen molar-refractivity contribution >= 4 is 17.9 Å². The number of hydrogen-bond donors (Lipinski definition) is 0. The Balaban J connectivity index is 4.42. The highest BCUT2D eigenvalue weighted by Crippen LogP contribution is 2.10. The van der Waals surface area contributed by atoms with Crippen LogP contribution in [-0.2, 0) is 28.6 Å². The second-order valence-electron chi connectivity index (χ2n) is 13.5. The first-order chi connectivity index (χ1) is 27.0. The summed E-state index contributed by atoms with van der Waals surface area (Å²) >= 11 is 0. The quantitative estimate of drug-likeness (QED) is 0.0274. The van der Waals surface area contributed by atoms with E-state index >= 15 is 0 Å². The molecule has 0 N–H and O–H groups in total. The number of carbonyl (C=O) groups excluding carboxylic acids is 3. The van der Waals surface area contributed by atoms with Crippen molar-refractivity contribution < 1.29 is 28.6 Å². The Labute approximate surface area is 336 Å². The largest absolute Gasteiger partial charge is 0.462 e. The first-order valence-corrected chi connectivity index (χ1v) is 21.4. The molecule has 0 fully saturated rings. The van der Waals surface area contributed by atoms with Crippen LogP contribution in [0.2, 0.25) is 0 Å². The minimum atomic E-state index is -0.826. The average Bonchev–Trinajstić information content (AvgIpc) is 3.18. The van der Waals surface area contributed by atoms with Crippen molar-refractivity contribution in [3.63, 3.8) is 0 Å². The molecule has 6 heteroatoms. The van der Waals surface area contributed by atoms with E-state index in [-0.39, 0.29) is 31.6 Å². The minimum Gasteiger partial charge on any atom is -0.462 e. The number of carbonyl (C=O) groups is 3. The Morgan fingerprint density at radius 3 is 1.16 bits per heavy atom. The Kier molecular flexibility index (Phi) is 39.7. The lowest BCUT2D eigenvalue weighted by Crippen LogP contribution is -2.30. The van der Waals surface area contributed by atoms with Crippen LogP contribution in [0.25, 0.3) is 0 Å². The standard InChI is InChI=1S/C49H76O6/c1-4-7-10-13-15-17-19-21-22-23-24-25-26-28-29-31-33-36-39-42-48(51)54-45-46(44-53-47(50)41-38-35-12-9-6-3)55-49(52)43-40-37-34-32-30-27-20-18-16-14-11-8-5-2/h7-8,10-11,15-18,21-22,24-25,27-30,34,37,46H,4-6,9,12-14,19-20,23,26,31-33,35-36,38-45H2,1-3H3/b10-7-,11-8-,17-15-,18-16-,22-21-,25-24-,29-28-,30-27-,37-34-. The van der Waals surface area contributed by atoms with Gasteiger partial charge >= 0.3 is 17.9 Å². The summed E-state index contributed by atoms with van der Waals surface area (Å²) < 4.78 is 16.5. The Hall–Kier alpha value is -3.93. The molecular formula is C49H76O6. The van der Waals surface area contributed by atoms with E-state index in [0.717, 1.165) is 116 Å². The predicted molar refractivity (Wildman–Crippen MR) is 233 cm³/mol. The van der Waals surface area contributed by atoms with E-state index in [1.54, 1.807) is 0 Å². The summed E-state index contributed by atoms with van der Waals surface area (Å²) in [5.74, 6) is -1.07. The molecule has 0 radical (unpaired) electrons. The number of unbranched alkanes of at least 4 members (excludes halogenated alkanes) is 7. The van der Waals surface area contributed by atoms with Crippen molar-refractivity contribution in [3.05, 3.63) is 109 Å². The number of rotatable bonds is 36. The molecule has 0 aliphatic heterocycles.